The third-order valence-corrected chi connectivity index (χ3v) is 6.22. The molecule has 0 radical (unpaired) electrons. The van der Waals surface area contributed by atoms with Gasteiger partial charge in [0.1, 0.15) is 16.3 Å². The zero-order valence-corrected chi connectivity index (χ0v) is 18.5. The zero-order valence-electron chi connectivity index (χ0n) is 17.7. The maximum Gasteiger partial charge on any atom is 0.265 e. The molecule has 0 saturated carbocycles. The van der Waals surface area contributed by atoms with Gasteiger partial charge in [-0.05, 0) is 74.0 Å². The van der Waals surface area contributed by atoms with E-state index in [4.69, 9.17) is 4.74 Å². The fourth-order valence-corrected chi connectivity index (χ4v) is 4.60. The molecule has 0 aliphatic carbocycles. The molecule has 3 aromatic carbocycles. The van der Waals surface area contributed by atoms with E-state index in [9.17, 15) is 4.79 Å². The fourth-order valence-electron chi connectivity index (χ4n) is 3.52. The molecule has 158 valence electrons. The second-order valence-electron chi connectivity index (χ2n) is 7.56. The molecular formula is C26H21N3O2S. The number of nitrogens with zero attached hydrogens (tertiary/aromatic N) is 2. The first-order valence-corrected chi connectivity index (χ1v) is 11.1. The molecule has 6 heteroatoms. The molecule has 0 unspecified atom stereocenters. The van der Waals surface area contributed by atoms with Crippen molar-refractivity contribution >= 4 is 33.1 Å². The molecule has 0 atom stereocenters. The minimum atomic E-state index is -0.141. The van der Waals surface area contributed by atoms with Crippen molar-refractivity contribution in [1.82, 2.24) is 9.78 Å². The highest BCUT2D eigenvalue weighted by molar-refractivity contribution is 7.20. The first-order valence-electron chi connectivity index (χ1n) is 10.3. The number of hydrogen-bond donors (Lipinski definition) is 1. The van der Waals surface area contributed by atoms with Gasteiger partial charge in [0.15, 0.2) is 0 Å². The maximum atomic E-state index is 12.9. The number of para-hydroxylation sites is 1. The summed E-state index contributed by atoms with van der Waals surface area (Å²) in [5, 5.41) is 8.64. The summed E-state index contributed by atoms with van der Waals surface area (Å²) in [6.07, 6.45) is 0. The SMILES string of the molecule is Cc1cccc(-n2nc(C)c3cc(C(=O)Nc4ccc(Oc5ccccc5)cc4)sc32)c1. The van der Waals surface area contributed by atoms with Crippen molar-refractivity contribution in [3.05, 3.63) is 101 Å². The Labute approximate surface area is 189 Å². The second-order valence-corrected chi connectivity index (χ2v) is 8.59. The lowest BCUT2D eigenvalue weighted by atomic mass is 10.2. The Morgan fingerprint density at radius 3 is 2.41 bits per heavy atom. The molecule has 0 bridgehead atoms. The number of anilines is 1. The quantitative estimate of drug-likeness (QED) is 0.330. The summed E-state index contributed by atoms with van der Waals surface area (Å²) < 4.78 is 7.72. The average molecular weight is 440 g/mol. The molecule has 0 saturated heterocycles. The molecule has 2 aromatic heterocycles. The van der Waals surface area contributed by atoms with Gasteiger partial charge in [0.2, 0.25) is 0 Å². The van der Waals surface area contributed by atoms with Gasteiger partial charge in [-0.2, -0.15) is 5.10 Å². The Hall–Kier alpha value is -3.90. The molecule has 5 rings (SSSR count). The topological polar surface area (TPSA) is 56.2 Å². The number of carbonyl (C=O) groups excluding carboxylic acids is 1. The third-order valence-electron chi connectivity index (χ3n) is 5.11. The molecule has 1 N–H and O–H groups in total. The smallest absolute Gasteiger partial charge is 0.265 e. The minimum absolute atomic E-state index is 0.141. The van der Waals surface area contributed by atoms with E-state index in [0.29, 0.717) is 16.3 Å². The molecule has 0 fully saturated rings. The van der Waals surface area contributed by atoms with E-state index in [2.05, 4.69) is 29.5 Å². The summed E-state index contributed by atoms with van der Waals surface area (Å²) in [5.74, 6) is 1.34. The number of aromatic nitrogens is 2. The average Bonchev–Trinajstić information content (AvgIpc) is 3.37. The molecule has 32 heavy (non-hydrogen) atoms. The predicted octanol–water partition coefficient (Wildman–Crippen LogP) is 6.75. The highest BCUT2D eigenvalue weighted by Gasteiger charge is 2.17. The van der Waals surface area contributed by atoms with Crippen LogP contribution in [0.3, 0.4) is 0 Å². The van der Waals surface area contributed by atoms with Gasteiger partial charge in [0.05, 0.1) is 16.3 Å². The van der Waals surface area contributed by atoms with Crippen molar-refractivity contribution in [1.29, 1.82) is 0 Å². The fraction of sp³-hybridized carbons (Fsp3) is 0.0769. The Morgan fingerprint density at radius 1 is 0.906 bits per heavy atom. The Bertz CT molecular complexity index is 1400. The van der Waals surface area contributed by atoms with Crippen molar-refractivity contribution < 1.29 is 9.53 Å². The van der Waals surface area contributed by atoms with Gasteiger partial charge in [0, 0.05) is 11.1 Å². The van der Waals surface area contributed by atoms with Gasteiger partial charge in [-0.3, -0.25) is 4.79 Å². The van der Waals surface area contributed by atoms with Crippen molar-refractivity contribution in [2.24, 2.45) is 0 Å². The lowest BCUT2D eigenvalue weighted by molar-refractivity contribution is 0.103. The summed E-state index contributed by atoms with van der Waals surface area (Å²) in [6.45, 7) is 4.02. The van der Waals surface area contributed by atoms with Crippen LogP contribution < -0.4 is 10.1 Å². The van der Waals surface area contributed by atoms with Crippen molar-refractivity contribution in [3.8, 4) is 17.2 Å². The summed E-state index contributed by atoms with van der Waals surface area (Å²) in [7, 11) is 0. The Morgan fingerprint density at radius 2 is 1.66 bits per heavy atom. The number of nitrogens with one attached hydrogen (secondary N) is 1. The predicted molar refractivity (Wildman–Crippen MR) is 129 cm³/mol. The lowest BCUT2D eigenvalue weighted by Gasteiger charge is -2.07. The first-order chi connectivity index (χ1) is 15.6. The van der Waals surface area contributed by atoms with Crippen LogP contribution in [0.25, 0.3) is 15.9 Å². The van der Waals surface area contributed by atoms with Crippen LogP contribution in [0.2, 0.25) is 0 Å². The van der Waals surface area contributed by atoms with E-state index in [-0.39, 0.29) is 5.91 Å². The van der Waals surface area contributed by atoms with Gasteiger partial charge >= 0.3 is 0 Å². The normalized spacial score (nSPS) is 10.9. The van der Waals surface area contributed by atoms with Crippen LogP contribution >= 0.6 is 11.3 Å². The van der Waals surface area contributed by atoms with E-state index in [1.54, 1.807) is 0 Å². The molecule has 5 nitrogen and oxygen atoms in total. The summed E-state index contributed by atoms with van der Waals surface area (Å²) >= 11 is 1.44. The number of thiophene rings is 1. The van der Waals surface area contributed by atoms with E-state index in [1.165, 1.54) is 11.3 Å². The van der Waals surface area contributed by atoms with Crippen molar-refractivity contribution in [2.75, 3.05) is 5.32 Å². The minimum Gasteiger partial charge on any atom is -0.457 e. The highest BCUT2D eigenvalue weighted by Crippen LogP contribution is 2.31. The number of ether oxygens (including phenoxy) is 1. The molecule has 0 spiro atoms. The molecule has 0 aliphatic heterocycles. The number of amides is 1. The number of aryl methyl sites for hydroxylation is 2. The first kappa shape index (κ1) is 20.0. The Kier molecular flexibility index (Phi) is 5.21. The van der Waals surface area contributed by atoms with Crippen molar-refractivity contribution in [3.63, 3.8) is 0 Å². The lowest BCUT2D eigenvalue weighted by Crippen LogP contribution is -2.10. The monoisotopic (exact) mass is 439 g/mol. The van der Waals surface area contributed by atoms with Crippen LogP contribution in [0.4, 0.5) is 5.69 Å². The molecular weight excluding hydrogens is 418 g/mol. The van der Waals surface area contributed by atoms with Crippen LogP contribution in [0, 0.1) is 13.8 Å². The van der Waals surface area contributed by atoms with Gasteiger partial charge in [0.25, 0.3) is 5.91 Å². The van der Waals surface area contributed by atoms with Crippen LogP contribution in [0.5, 0.6) is 11.5 Å². The van der Waals surface area contributed by atoms with E-state index < -0.39 is 0 Å². The van der Waals surface area contributed by atoms with Gasteiger partial charge in [-0.1, -0.05) is 30.3 Å². The summed E-state index contributed by atoms with van der Waals surface area (Å²) in [4.78, 5) is 14.5. The number of carbonyl (C=O) groups is 1. The summed E-state index contributed by atoms with van der Waals surface area (Å²) in [5.41, 5.74) is 3.77. The van der Waals surface area contributed by atoms with Gasteiger partial charge in [-0.25, -0.2) is 4.68 Å². The molecule has 1 amide bonds. The standard InChI is InChI=1S/C26H21N3O2S/c1-17-7-6-8-20(15-17)29-26-23(18(2)28-29)16-24(32-26)25(30)27-19-11-13-22(14-12-19)31-21-9-4-3-5-10-21/h3-16H,1-2H3,(H,27,30). The zero-order chi connectivity index (χ0) is 22.1. The molecule has 5 aromatic rings. The largest absolute Gasteiger partial charge is 0.457 e. The maximum absolute atomic E-state index is 12.9. The summed E-state index contributed by atoms with van der Waals surface area (Å²) in [6, 6.07) is 27.0. The van der Waals surface area contributed by atoms with Crippen LogP contribution in [-0.4, -0.2) is 15.7 Å². The van der Waals surface area contributed by atoms with E-state index >= 15 is 0 Å². The molecule has 0 aliphatic rings. The van der Waals surface area contributed by atoms with Crippen molar-refractivity contribution in [2.45, 2.75) is 13.8 Å². The van der Waals surface area contributed by atoms with Gasteiger partial charge in [-0.15, -0.1) is 11.3 Å². The van der Waals surface area contributed by atoms with E-state index in [1.807, 2.05) is 84.4 Å². The third kappa shape index (κ3) is 4.00. The van der Waals surface area contributed by atoms with Gasteiger partial charge < -0.3 is 10.1 Å². The highest BCUT2D eigenvalue weighted by atomic mass is 32.1. The Balaban J connectivity index is 1.35. The number of rotatable bonds is 5. The number of benzene rings is 3. The van der Waals surface area contributed by atoms with Crippen LogP contribution in [0.15, 0.2) is 84.9 Å². The van der Waals surface area contributed by atoms with Crippen LogP contribution in [-0.2, 0) is 0 Å². The number of fused-ring (bicyclic) bond motifs is 1. The van der Waals surface area contributed by atoms with Crippen LogP contribution in [0.1, 0.15) is 20.9 Å². The number of hydrogen-bond acceptors (Lipinski definition) is 4. The van der Waals surface area contributed by atoms with E-state index in [0.717, 1.165) is 32.9 Å². The second kappa shape index (κ2) is 8.32. The molecule has 2 heterocycles.